The fourth-order valence-electron chi connectivity index (χ4n) is 3.88. The average Bonchev–Trinajstić information content (AvgIpc) is 3.11. The zero-order valence-corrected chi connectivity index (χ0v) is 19.1. The number of carbonyl (C=O) groups is 3. The molecule has 0 aromatic carbocycles. The van der Waals surface area contributed by atoms with E-state index in [0.29, 0.717) is 36.3 Å². The molecule has 2 aromatic heterocycles. The summed E-state index contributed by atoms with van der Waals surface area (Å²) in [7, 11) is 0. The third-order valence-electron chi connectivity index (χ3n) is 5.50. The Bertz CT molecular complexity index is 1050. The number of ether oxygens (including phenoxy) is 1. The molecule has 0 bridgehead atoms. The second-order valence-electron chi connectivity index (χ2n) is 9.71. The van der Waals surface area contributed by atoms with Crippen LogP contribution in [-0.2, 0) is 4.74 Å². The molecule has 6 N–H and O–H groups in total. The van der Waals surface area contributed by atoms with E-state index in [2.05, 4.69) is 15.8 Å². The maximum atomic E-state index is 12.5. The predicted octanol–water partition coefficient (Wildman–Crippen LogP) is 1.48. The maximum absolute atomic E-state index is 12.5. The molecule has 1 aliphatic rings. The first-order valence-corrected chi connectivity index (χ1v) is 10.4. The van der Waals surface area contributed by atoms with Gasteiger partial charge in [-0.25, -0.2) is 15.2 Å². The molecule has 0 aliphatic carbocycles. The molecule has 1 saturated heterocycles. The van der Waals surface area contributed by atoms with Crippen molar-refractivity contribution in [1.82, 2.24) is 19.9 Å². The SMILES string of the molecule is CC(C)(C)OC(=O)N1CC[C@@H](Nc2c(C(N)=O)cnn3cc(C(=O)NN)cc23)C(C)(C)C1. The molecule has 174 valence electrons. The quantitative estimate of drug-likeness (QED) is 0.315. The molecule has 3 amide bonds. The van der Waals surface area contributed by atoms with Gasteiger partial charge in [-0.05, 0) is 33.3 Å². The summed E-state index contributed by atoms with van der Waals surface area (Å²) in [5.74, 6) is 4.12. The highest BCUT2D eigenvalue weighted by molar-refractivity contribution is 6.03. The van der Waals surface area contributed by atoms with E-state index < -0.39 is 17.4 Å². The highest BCUT2D eigenvalue weighted by Crippen LogP contribution is 2.34. The number of nitrogen functional groups attached to an aromatic ring is 1. The third-order valence-corrected chi connectivity index (χ3v) is 5.50. The lowest BCUT2D eigenvalue weighted by Gasteiger charge is -2.45. The molecule has 3 rings (SSSR count). The van der Waals surface area contributed by atoms with E-state index in [-0.39, 0.29) is 23.1 Å². The highest BCUT2D eigenvalue weighted by Gasteiger charge is 2.39. The van der Waals surface area contributed by atoms with E-state index in [0.717, 1.165) is 0 Å². The van der Waals surface area contributed by atoms with E-state index in [1.165, 1.54) is 16.9 Å². The number of nitrogens with two attached hydrogens (primary N) is 2. The molecule has 2 aromatic rings. The van der Waals surface area contributed by atoms with Gasteiger partial charge >= 0.3 is 6.09 Å². The van der Waals surface area contributed by atoms with Crippen molar-refractivity contribution < 1.29 is 19.1 Å². The molecule has 0 saturated carbocycles. The van der Waals surface area contributed by atoms with Crippen molar-refractivity contribution >= 4 is 29.1 Å². The van der Waals surface area contributed by atoms with E-state index in [4.69, 9.17) is 16.3 Å². The Kier molecular flexibility index (Phi) is 6.05. The number of piperidine rings is 1. The van der Waals surface area contributed by atoms with Crippen LogP contribution in [0.4, 0.5) is 10.5 Å². The number of carbonyl (C=O) groups excluding carboxylic acids is 3. The number of primary amides is 1. The van der Waals surface area contributed by atoms with Crippen molar-refractivity contribution in [3.8, 4) is 0 Å². The molecule has 0 unspecified atom stereocenters. The Labute approximate surface area is 186 Å². The molecule has 1 fully saturated rings. The van der Waals surface area contributed by atoms with Crippen LogP contribution in [0.15, 0.2) is 18.5 Å². The lowest BCUT2D eigenvalue weighted by atomic mass is 9.79. The number of nitrogens with one attached hydrogen (secondary N) is 2. The van der Waals surface area contributed by atoms with Gasteiger partial charge in [-0.3, -0.25) is 15.0 Å². The normalized spacial score (nSPS) is 18.3. The maximum Gasteiger partial charge on any atom is 0.410 e. The molecular weight excluding hydrogens is 414 g/mol. The van der Waals surface area contributed by atoms with Crippen molar-refractivity contribution in [3.05, 3.63) is 29.6 Å². The average molecular weight is 446 g/mol. The fraction of sp³-hybridized carbons (Fsp3) is 0.524. The van der Waals surface area contributed by atoms with Crippen LogP contribution in [0.25, 0.3) is 5.52 Å². The van der Waals surface area contributed by atoms with Crippen LogP contribution in [0.2, 0.25) is 0 Å². The molecule has 0 radical (unpaired) electrons. The van der Waals surface area contributed by atoms with Gasteiger partial charge in [0.1, 0.15) is 5.60 Å². The monoisotopic (exact) mass is 445 g/mol. The van der Waals surface area contributed by atoms with E-state index in [1.807, 2.05) is 34.6 Å². The summed E-state index contributed by atoms with van der Waals surface area (Å²) in [6.45, 7) is 10.5. The van der Waals surface area contributed by atoms with Gasteiger partial charge in [-0.1, -0.05) is 13.8 Å². The van der Waals surface area contributed by atoms with Crippen LogP contribution in [0, 0.1) is 5.41 Å². The van der Waals surface area contributed by atoms with Crippen LogP contribution in [-0.4, -0.2) is 57.2 Å². The number of hydrogen-bond donors (Lipinski definition) is 4. The number of aromatic nitrogens is 2. The summed E-state index contributed by atoms with van der Waals surface area (Å²) < 4.78 is 7.00. The predicted molar refractivity (Wildman–Crippen MR) is 119 cm³/mol. The summed E-state index contributed by atoms with van der Waals surface area (Å²) in [5, 5.41) is 7.62. The molecule has 11 nitrogen and oxygen atoms in total. The number of fused-ring (bicyclic) bond motifs is 1. The van der Waals surface area contributed by atoms with Crippen molar-refractivity contribution in [2.75, 3.05) is 18.4 Å². The summed E-state index contributed by atoms with van der Waals surface area (Å²) >= 11 is 0. The van der Waals surface area contributed by atoms with Crippen LogP contribution >= 0.6 is 0 Å². The minimum absolute atomic E-state index is 0.0906. The van der Waals surface area contributed by atoms with Crippen LogP contribution in [0.1, 0.15) is 61.8 Å². The Hall–Kier alpha value is -3.34. The first-order valence-electron chi connectivity index (χ1n) is 10.4. The van der Waals surface area contributed by atoms with E-state index in [1.54, 1.807) is 11.0 Å². The lowest BCUT2D eigenvalue weighted by Crippen LogP contribution is -2.54. The van der Waals surface area contributed by atoms with E-state index >= 15 is 0 Å². The van der Waals surface area contributed by atoms with Gasteiger partial charge in [0.05, 0.1) is 28.5 Å². The van der Waals surface area contributed by atoms with Crippen molar-refractivity contribution in [3.63, 3.8) is 0 Å². The lowest BCUT2D eigenvalue weighted by molar-refractivity contribution is 0.00691. The van der Waals surface area contributed by atoms with Gasteiger partial charge in [0, 0.05) is 30.7 Å². The molecule has 32 heavy (non-hydrogen) atoms. The first kappa shape index (κ1) is 23.3. The Balaban J connectivity index is 1.91. The number of anilines is 1. The molecule has 11 heteroatoms. The fourth-order valence-corrected chi connectivity index (χ4v) is 3.88. The van der Waals surface area contributed by atoms with Gasteiger partial charge < -0.3 is 20.7 Å². The second-order valence-corrected chi connectivity index (χ2v) is 9.71. The number of amides is 3. The zero-order chi connectivity index (χ0) is 23.8. The van der Waals surface area contributed by atoms with Gasteiger partial charge in [0.15, 0.2) is 0 Å². The van der Waals surface area contributed by atoms with Crippen LogP contribution < -0.4 is 22.3 Å². The Morgan fingerprint density at radius 1 is 1.28 bits per heavy atom. The number of hydrazine groups is 1. The zero-order valence-electron chi connectivity index (χ0n) is 19.1. The molecule has 3 heterocycles. The number of hydrogen-bond acceptors (Lipinski definition) is 7. The number of likely N-dealkylation sites (tertiary alicyclic amines) is 1. The first-order chi connectivity index (χ1) is 14.8. The Morgan fingerprint density at radius 3 is 2.53 bits per heavy atom. The summed E-state index contributed by atoms with van der Waals surface area (Å²) in [6.07, 6.45) is 3.15. The number of rotatable bonds is 4. The summed E-state index contributed by atoms with van der Waals surface area (Å²) in [4.78, 5) is 38.3. The van der Waals surface area contributed by atoms with Crippen LogP contribution in [0.3, 0.4) is 0 Å². The molecule has 0 spiro atoms. The molecule has 1 aliphatic heterocycles. The topological polar surface area (TPSA) is 157 Å². The summed E-state index contributed by atoms with van der Waals surface area (Å²) in [5.41, 5.74) is 8.26. The molecular formula is C21H31N7O4. The van der Waals surface area contributed by atoms with E-state index in [9.17, 15) is 14.4 Å². The smallest absolute Gasteiger partial charge is 0.410 e. The standard InChI is InChI=1S/C21H31N7O4/c1-20(2,3)32-19(31)27-7-6-15(21(4,5)11-27)25-16-13(17(22)29)9-24-28-10-12(8-14(16)28)18(30)26-23/h8-10,15,25H,6-7,11,23H2,1-5H3,(H2,22,29)(H,26,30)/t15-/m1/s1. The third kappa shape index (κ3) is 4.77. The van der Waals surface area contributed by atoms with Gasteiger partial charge in [0.2, 0.25) is 0 Å². The largest absolute Gasteiger partial charge is 0.444 e. The summed E-state index contributed by atoms with van der Waals surface area (Å²) in [6, 6.07) is 1.50. The second kappa shape index (κ2) is 8.30. The Morgan fingerprint density at radius 2 is 1.97 bits per heavy atom. The highest BCUT2D eigenvalue weighted by atomic mass is 16.6. The van der Waals surface area contributed by atoms with Crippen molar-refractivity contribution in [1.29, 1.82) is 0 Å². The number of nitrogens with zero attached hydrogens (tertiary/aromatic N) is 3. The van der Waals surface area contributed by atoms with Crippen LogP contribution in [0.5, 0.6) is 0 Å². The minimum atomic E-state index is -0.641. The minimum Gasteiger partial charge on any atom is -0.444 e. The molecule has 1 atom stereocenters. The van der Waals surface area contributed by atoms with Crippen molar-refractivity contribution in [2.45, 2.75) is 52.7 Å². The van der Waals surface area contributed by atoms with Gasteiger partial charge in [0.25, 0.3) is 11.8 Å². The van der Waals surface area contributed by atoms with Crippen molar-refractivity contribution in [2.24, 2.45) is 17.0 Å². The van der Waals surface area contributed by atoms with Gasteiger partial charge in [-0.2, -0.15) is 5.10 Å². The van der Waals surface area contributed by atoms with Gasteiger partial charge in [-0.15, -0.1) is 0 Å².